The standard InChI is InChI=1S/C25H22N6O4/c1-34-19-13-28-24(35-2)21-20(19)16(12-27-21)22(32)25(33)31-9-7-14(8-10-31)15(11-26)23-29-17-5-3-4-6-18(17)30-23/h3-6,12-13,27H,7-10H2,1-2H3,(H,29,30). The van der Waals surface area contributed by atoms with Gasteiger partial charge in [0.15, 0.2) is 0 Å². The number of nitrogens with one attached hydrogen (secondary N) is 2. The summed E-state index contributed by atoms with van der Waals surface area (Å²) in [7, 11) is 2.95. The number of carbonyl (C=O) groups excluding carboxylic acids is 2. The van der Waals surface area contributed by atoms with Crippen molar-refractivity contribution in [3.8, 4) is 17.7 Å². The largest absolute Gasteiger partial charge is 0.494 e. The molecule has 0 aliphatic carbocycles. The van der Waals surface area contributed by atoms with Crippen LogP contribution in [0.15, 0.2) is 42.2 Å². The summed E-state index contributed by atoms with van der Waals surface area (Å²) in [5.41, 5.74) is 3.72. The number of nitriles is 1. The predicted molar refractivity (Wildman–Crippen MR) is 128 cm³/mol. The summed E-state index contributed by atoms with van der Waals surface area (Å²) in [6.45, 7) is 0.658. The first-order valence-electron chi connectivity index (χ1n) is 11.0. The molecule has 0 saturated carbocycles. The van der Waals surface area contributed by atoms with Crippen molar-refractivity contribution in [2.75, 3.05) is 27.3 Å². The molecule has 0 unspecified atom stereocenters. The number of likely N-dealkylation sites (tertiary alicyclic amines) is 1. The molecule has 0 spiro atoms. The monoisotopic (exact) mass is 470 g/mol. The Morgan fingerprint density at radius 1 is 1.14 bits per heavy atom. The average molecular weight is 470 g/mol. The summed E-state index contributed by atoms with van der Waals surface area (Å²) >= 11 is 0. The van der Waals surface area contributed by atoms with E-state index in [1.165, 1.54) is 31.5 Å². The van der Waals surface area contributed by atoms with Crippen LogP contribution in [-0.2, 0) is 4.79 Å². The molecule has 35 heavy (non-hydrogen) atoms. The molecule has 1 amide bonds. The van der Waals surface area contributed by atoms with Crippen LogP contribution in [-0.4, -0.2) is 63.8 Å². The Kier molecular flexibility index (Phi) is 5.66. The van der Waals surface area contributed by atoms with Crippen molar-refractivity contribution in [2.45, 2.75) is 12.8 Å². The third-order valence-electron chi connectivity index (χ3n) is 6.24. The number of ether oxygens (including phenoxy) is 2. The molecule has 5 rings (SSSR count). The number of H-pyrrole nitrogens is 2. The fourth-order valence-corrected chi connectivity index (χ4v) is 4.44. The fourth-order valence-electron chi connectivity index (χ4n) is 4.44. The van der Waals surface area contributed by atoms with Crippen LogP contribution in [0, 0.1) is 11.3 Å². The number of hydrogen-bond acceptors (Lipinski definition) is 7. The van der Waals surface area contributed by atoms with Gasteiger partial charge in [0.2, 0.25) is 5.88 Å². The second-order valence-electron chi connectivity index (χ2n) is 8.10. The number of pyridine rings is 1. The van der Waals surface area contributed by atoms with Crippen molar-refractivity contribution in [2.24, 2.45) is 0 Å². The Labute approximate surface area is 200 Å². The van der Waals surface area contributed by atoms with Gasteiger partial charge in [-0.3, -0.25) is 9.59 Å². The number of imidazole rings is 1. The van der Waals surface area contributed by atoms with E-state index in [0.717, 1.165) is 16.6 Å². The van der Waals surface area contributed by atoms with Gasteiger partial charge in [-0.15, -0.1) is 0 Å². The van der Waals surface area contributed by atoms with Crippen molar-refractivity contribution in [3.63, 3.8) is 0 Å². The van der Waals surface area contributed by atoms with Crippen molar-refractivity contribution < 1.29 is 19.1 Å². The Morgan fingerprint density at radius 3 is 2.60 bits per heavy atom. The predicted octanol–water partition coefficient (Wildman–Crippen LogP) is 3.24. The van der Waals surface area contributed by atoms with Crippen LogP contribution < -0.4 is 9.47 Å². The van der Waals surface area contributed by atoms with E-state index in [2.05, 4.69) is 26.0 Å². The molecule has 4 aromatic rings. The average Bonchev–Trinajstić information content (AvgIpc) is 3.53. The van der Waals surface area contributed by atoms with E-state index in [1.54, 1.807) is 0 Å². The number of benzene rings is 1. The van der Waals surface area contributed by atoms with Crippen LogP contribution in [0.1, 0.15) is 29.0 Å². The molecule has 1 fully saturated rings. The first kappa shape index (κ1) is 22.2. The number of para-hydroxylation sites is 2. The quantitative estimate of drug-likeness (QED) is 0.259. The van der Waals surface area contributed by atoms with Gasteiger partial charge >= 0.3 is 0 Å². The number of fused-ring (bicyclic) bond motifs is 2. The van der Waals surface area contributed by atoms with E-state index in [0.29, 0.717) is 59.9 Å². The summed E-state index contributed by atoms with van der Waals surface area (Å²) in [5, 5.41) is 10.3. The molecule has 1 aliphatic heterocycles. The highest BCUT2D eigenvalue weighted by Crippen LogP contribution is 2.34. The van der Waals surface area contributed by atoms with E-state index in [1.807, 2.05) is 24.3 Å². The first-order valence-corrected chi connectivity index (χ1v) is 11.0. The number of ketones is 1. The molecular weight excluding hydrogens is 448 g/mol. The van der Waals surface area contributed by atoms with Crippen LogP contribution >= 0.6 is 0 Å². The molecular formula is C25H22N6O4. The van der Waals surface area contributed by atoms with Gasteiger partial charge in [-0.2, -0.15) is 5.26 Å². The van der Waals surface area contributed by atoms with Gasteiger partial charge in [0.05, 0.1) is 48.0 Å². The zero-order chi connectivity index (χ0) is 24.5. The summed E-state index contributed by atoms with van der Waals surface area (Å²) in [4.78, 5) is 42.6. The van der Waals surface area contributed by atoms with Crippen molar-refractivity contribution in [1.29, 1.82) is 5.26 Å². The van der Waals surface area contributed by atoms with Gasteiger partial charge < -0.3 is 24.3 Å². The molecule has 10 nitrogen and oxygen atoms in total. The minimum Gasteiger partial charge on any atom is -0.494 e. The molecule has 1 aliphatic rings. The highest BCUT2D eigenvalue weighted by atomic mass is 16.5. The van der Waals surface area contributed by atoms with Crippen LogP contribution in [0.3, 0.4) is 0 Å². The zero-order valence-electron chi connectivity index (χ0n) is 19.2. The topological polar surface area (TPSA) is 137 Å². The number of amides is 1. The number of methoxy groups -OCH3 is 2. The molecule has 0 radical (unpaired) electrons. The van der Waals surface area contributed by atoms with Gasteiger partial charge in [0, 0.05) is 19.3 Å². The number of rotatable bonds is 5. The number of carbonyl (C=O) groups is 2. The Hall–Kier alpha value is -4.65. The molecule has 0 atom stereocenters. The highest BCUT2D eigenvalue weighted by Gasteiger charge is 2.30. The van der Waals surface area contributed by atoms with Gasteiger partial charge in [0.1, 0.15) is 23.2 Å². The lowest BCUT2D eigenvalue weighted by atomic mass is 9.97. The van der Waals surface area contributed by atoms with Gasteiger partial charge in [-0.1, -0.05) is 12.1 Å². The molecule has 1 saturated heterocycles. The third-order valence-corrected chi connectivity index (χ3v) is 6.24. The van der Waals surface area contributed by atoms with Crippen LogP contribution in [0.4, 0.5) is 0 Å². The Bertz CT molecular complexity index is 1500. The Morgan fingerprint density at radius 2 is 1.91 bits per heavy atom. The van der Waals surface area contributed by atoms with Crippen molar-refractivity contribution in [3.05, 3.63) is 53.6 Å². The van der Waals surface area contributed by atoms with Gasteiger partial charge in [0.25, 0.3) is 11.7 Å². The number of aromatic nitrogens is 4. The molecule has 4 heterocycles. The number of aromatic amines is 2. The minimum atomic E-state index is -0.645. The molecule has 10 heteroatoms. The SMILES string of the molecule is COc1ncc(OC)c2c(C(=O)C(=O)N3CCC(=C(C#N)c4nc5ccccc5[nH]4)CC3)c[nH]c12. The lowest BCUT2D eigenvalue weighted by Gasteiger charge is -2.28. The zero-order valence-corrected chi connectivity index (χ0v) is 19.2. The lowest BCUT2D eigenvalue weighted by Crippen LogP contribution is -2.40. The molecule has 176 valence electrons. The molecule has 2 N–H and O–H groups in total. The number of nitrogens with zero attached hydrogens (tertiary/aromatic N) is 4. The maximum absolute atomic E-state index is 13.2. The van der Waals surface area contributed by atoms with E-state index in [-0.39, 0.29) is 5.56 Å². The highest BCUT2D eigenvalue weighted by molar-refractivity contribution is 6.45. The normalized spacial score (nSPS) is 13.6. The van der Waals surface area contributed by atoms with Crippen LogP contribution in [0.2, 0.25) is 0 Å². The summed E-state index contributed by atoms with van der Waals surface area (Å²) in [5.74, 6) is -0.0627. The van der Waals surface area contributed by atoms with Crippen LogP contribution in [0.5, 0.6) is 11.6 Å². The number of allylic oxidation sites excluding steroid dienone is 1. The van der Waals surface area contributed by atoms with E-state index in [9.17, 15) is 14.9 Å². The fraction of sp³-hybridized carbons (Fsp3) is 0.240. The molecule has 3 aromatic heterocycles. The molecule has 1 aromatic carbocycles. The number of hydrogen-bond donors (Lipinski definition) is 2. The number of piperidine rings is 1. The second-order valence-corrected chi connectivity index (χ2v) is 8.10. The van der Waals surface area contributed by atoms with Crippen LogP contribution in [0.25, 0.3) is 27.5 Å². The van der Waals surface area contributed by atoms with Gasteiger partial charge in [-0.05, 0) is 30.5 Å². The number of Topliss-reactive ketones (excluding diaryl/α,β-unsaturated/α-hetero) is 1. The summed E-state index contributed by atoms with van der Waals surface area (Å²) < 4.78 is 10.6. The third kappa shape index (κ3) is 3.77. The van der Waals surface area contributed by atoms with E-state index >= 15 is 0 Å². The maximum Gasteiger partial charge on any atom is 0.295 e. The van der Waals surface area contributed by atoms with Crippen molar-refractivity contribution >= 4 is 39.2 Å². The van der Waals surface area contributed by atoms with Gasteiger partial charge in [-0.25, -0.2) is 9.97 Å². The summed E-state index contributed by atoms with van der Waals surface area (Å²) in [6.07, 6.45) is 3.89. The van der Waals surface area contributed by atoms with Crippen molar-refractivity contribution in [1.82, 2.24) is 24.8 Å². The summed E-state index contributed by atoms with van der Waals surface area (Å²) in [6, 6.07) is 9.85. The smallest absolute Gasteiger partial charge is 0.295 e. The second kappa shape index (κ2) is 8.95. The van der Waals surface area contributed by atoms with E-state index < -0.39 is 11.7 Å². The first-order chi connectivity index (χ1) is 17.0. The Balaban J connectivity index is 1.37. The lowest BCUT2D eigenvalue weighted by molar-refractivity contribution is -0.126. The minimum absolute atomic E-state index is 0.198. The molecule has 0 bridgehead atoms. The van der Waals surface area contributed by atoms with E-state index in [4.69, 9.17) is 9.47 Å². The maximum atomic E-state index is 13.2.